The highest BCUT2D eigenvalue weighted by Crippen LogP contribution is 2.64. The van der Waals surface area contributed by atoms with Gasteiger partial charge in [0.2, 0.25) is 0 Å². The van der Waals surface area contributed by atoms with Gasteiger partial charge in [-0.05, 0) is 103 Å². The molecule has 9 aromatic carbocycles. The summed E-state index contributed by atoms with van der Waals surface area (Å²) in [6.45, 7) is 6.97. The summed E-state index contributed by atoms with van der Waals surface area (Å²) in [7, 11) is 0. The van der Waals surface area contributed by atoms with Gasteiger partial charge in [0.25, 0.3) is 0 Å². The lowest BCUT2D eigenvalue weighted by molar-refractivity contribution is 0.588. The van der Waals surface area contributed by atoms with Crippen molar-refractivity contribution in [3.05, 3.63) is 234 Å². The Morgan fingerprint density at radius 1 is 0.393 bits per heavy atom. The Labute approximate surface area is 357 Å². The molecule has 0 saturated heterocycles. The highest BCUT2D eigenvalue weighted by Gasteiger charge is 2.52. The molecule has 0 N–H and O–H groups in total. The zero-order valence-corrected chi connectivity index (χ0v) is 34.5. The molecule has 1 heterocycles. The Hall–Kier alpha value is -7.42. The number of rotatable bonds is 5. The average molecular weight is 782 g/mol. The van der Waals surface area contributed by atoms with Gasteiger partial charge in [0.1, 0.15) is 11.2 Å². The third-order valence-corrected chi connectivity index (χ3v) is 13.3. The Morgan fingerprint density at radius 2 is 0.934 bits per heavy atom. The van der Waals surface area contributed by atoms with E-state index < -0.39 is 5.41 Å². The van der Waals surface area contributed by atoms with Gasteiger partial charge in [-0.15, -0.1) is 0 Å². The normalized spacial score (nSPS) is 13.3. The molecule has 61 heavy (non-hydrogen) atoms. The summed E-state index contributed by atoms with van der Waals surface area (Å²) in [6.07, 6.45) is 0. The maximum absolute atomic E-state index is 6.50. The van der Waals surface area contributed by atoms with E-state index in [0.717, 1.165) is 50.1 Å². The average Bonchev–Trinajstić information content (AvgIpc) is 3.93. The number of benzene rings is 9. The molecule has 0 amide bonds. The van der Waals surface area contributed by atoms with Gasteiger partial charge in [-0.3, -0.25) is 0 Å². The summed E-state index contributed by atoms with van der Waals surface area (Å²) in [5.74, 6) is 0. The number of hydrogen-bond donors (Lipinski definition) is 0. The molecular formula is C59H43NO. The molecule has 1 aromatic heterocycles. The van der Waals surface area contributed by atoms with Crippen LogP contribution in [0.4, 0.5) is 17.1 Å². The molecule has 2 nitrogen and oxygen atoms in total. The van der Waals surface area contributed by atoms with Crippen LogP contribution in [0.25, 0.3) is 66.4 Å². The largest absolute Gasteiger partial charge is 0.455 e. The van der Waals surface area contributed by atoms with Crippen LogP contribution in [0, 0.1) is 0 Å². The van der Waals surface area contributed by atoms with Crippen molar-refractivity contribution < 1.29 is 4.42 Å². The molecular weight excluding hydrogens is 739 g/mol. The monoisotopic (exact) mass is 781 g/mol. The molecule has 0 radical (unpaired) electrons. The minimum absolute atomic E-state index is 0.00611. The second kappa shape index (κ2) is 13.3. The predicted molar refractivity (Wildman–Crippen MR) is 254 cm³/mol. The van der Waals surface area contributed by atoms with Gasteiger partial charge < -0.3 is 9.32 Å². The standard InChI is InChI=1S/C59H43NO/c1-58(2,3)40-30-34-47-48-35-33-42(37-54(48)59(53(47)36-40)51-24-11-7-19-45(51)46-20-8-12-25-52(46)59)60(55-26-13-9-18-43(55)38-16-5-4-6-17-38)41-31-28-39(29-32-41)44-22-15-23-50-49-21-10-14-27-56(49)61-57(44)50/h4-37H,1-3H3. The van der Waals surface area contributed by atoms with E-state index >= 15 is 0 Å². The van der Waals surface area contributed by atoms with Crippen molar-refractivity contribution in [1.29, 1.82) is 0 Å². The minimum Gasteiger partial charge on any atom is -0.455 e. The molecule has 0 bridgehead atoms. The second-order valence-corrected chi connectivity index (χ2v) is 17.6. The van der Waals surface area contributed by atoms with E-state index in [1.54, 1.807) is 0 Å². The zero-order chi connectivity index (χ0) is 40.9. The molecule has 2 aliphatic carbocycles. The first-order valence-electron chi connectivity index (χ1n) is 21.3. The van der Waals surface area contributed by atoms with E-state index in [-0.39, 0.29) is 5.41 Å². The van der Waals surface area contributed by atoms with Crippen LogP contribution in [0.1, 0.15) is 48.6 Å². The lowest BCUT2D eigenvalue weighted by Gasteiger charge is -2.33. The van der Waals surface area contributed by atoms with E-state index in [1.807, 2.05) is 6.07 Å². The van der Waals surface area contributed by atoms with Crippen molar-refractivity contribution in [2.45, 2.75) is 31.6 Å². The van der Waals surface area contributed by atoms with Crippen molar-refractivity contribution in [3.8, 4) is 44.5 Å². The second-order valence-electron chi connectivity index (χ2n) is 17.6. The van der Waals surface area contributed by atoms with Crippen molar-refractivity contribution in [1.82, 2.24) is 0 Å². The van der Waals surface area contributed by atoms with Gasteiger partial charge in [-0.1, -0.05) is 191 Å². The molecule has 290 valence electrons. The SMILES string of the molecule is CC(C)(C)c1ccc2c(c1)C1(c3ccccc3-c3ccccc31)c1cc(N(c3ccc(-c4cccc5c4oc4ccccc45)cc3)c3ccccc3-c3ccccc3)ccc1-2. The van der Waals surface area contributed by atoms with E-state index in [9.17, 15) is 0 Å². The molecule has 0 atom stereocenters. The third-order valence-electron chi connectivity index (χ3n) is 13.3. The number of para-hydroxylation sites is 3. The van der Waals surface area contributed by atoms with E-state index in [1.165, 1.54) is 61.2 Å². The Balaban J connectivity index is 1.09. The van der Waals surface area contributed by atoms with E-state index in [0.29, 0.717) is 0 Å². The van der Waals surface area contributed by atoms with Crippen LogP contribution in [0.3, 0.4) is 0 Å². The first kappa shape index (κ1) is 35.5. The summed E-state index contributed by atoms with van der Waals surface area (Å²) in [4.78, 5) is 2.46. The number of furan rings is 1. The molecule has 0 unspecified atom stereocenters. The van der Waals surface area contributed by atoms with Crippen LogP contribution in [0.5, 0.6) is 0 Å². The Morgan fingerprint density at radius 3 is 1.67 bits per heavy atom. The van der Waals surface area contributed by atoms with Crippen LogP contribution in [-0.2, 0) is 10.8 Å². The molecule has 10 aromatic rings. The van der Waals surface area contributed by atoms with Gasteiger partial charge >= 0.3 is 0 Å². The van der Waals surface area contributed by atoms with Crippen LogP contribution >= 0.6 is 0 Å². The van der Waals surface area contributed by atoms with Gasteiger partial charge in [0.05, 0.1) is 11.1 Å². The van der Waals surface area contributed by atoms with E-state index in [4.69, 9.17) is 4.42 Å². The highest BCUT2D eigenvalue weighted by atomic mass is 16.3. The van der Waals surface area contributed by atoms with Crippen LogP contribution in [-0.4, -0.2) is 0 Å². The summed E-state index contributed by atoms with van der Waals surface area (Å²) in [5.41, 5.74) is 21.1. The first-order valence-corrected chi connectivity index (χ1v) is 21.3. The van der Waals surface area contributed by atoms with Crippen LogP contribution in [0.15, 0.2) is 211 Å². The predicted octanol–water partition coefficient (Wildman–Crippen LogP) is 16.0. The maximum Gasteiger partial charge on any atom is 0.143 e. The minimum atomic E-state index is -0.477. The molecule has 12 rings (SSSR count). The van der Waals surface area contributed by atoms with Gasteiger partial charge in [0.15, 0.2) is 0 Å². The molecule has 0 saturated carbocycles. The van der Waals surface area contributed by atoms with Gasteiger partial charge in [0, 0.05) is 33.3 Å². The van der Waals surface area contributed by atoms with Crippen LogP contribution < -0.4 is 4.90 Å². The summed E-state index contributed by atoms with van der Waals surface area (Å²) in [6, 6.07) is 76.0. The first-order chi connectivity index (χ1) is 29.9. The number of anilines is 3. The fourth-order valence-electron chi connectivity index (χ4n) is 10.5. The van der Waals surface area contributed by atoms with Crippen LogP contribution in [0.2, 0.25) is 0 Å². The molecule has 1 spiro atoms. The lowest BCUT2D eigenvalue weighted by Crippen LogP contribution is -2.27. The lowest BCUT2D eigenvalue weighted by atomic mass is 9.69. The van der Waals surface area contributed by atoms with E-state index in [2.05, 4.69) is 226 Å². The summed E-state index contributed by atoms with van der Waals surface area (Å²) in [5, 5.41) is 2.27. The van der Waals surface area contributed by atoms with Crippen molar-refractivity contribution in [2.24, 2.45) is 0 Å². The molecule has 2 heteroatoms. The quantitative estimate of drug-likeness (QED) is 0.173. The van der Waals surface area contributed by atoms with Crippen molar-refractivity contribution in [2.75, 3.05) is 4.90 Å². The van der Waals surface area contributed by atoms with Crippen molar-refractivity contribution >= 4 is 39.0 Å². The molecule has 2 aliphatic rings. The van der Waals surface area contributed by atoms with Gasteiger partial charge in [-0.2, -0.15) is 0 Å². The smallest absolute Gasteiger partial charge is 0.143 e. The fourth-order valence-corrected chi connectivity index (χ4v) is 10.5. The molecule has 0 aliphatic heterocycles. The Kier molecular flexibility index (Phi) is 7.74. The number of fused-ring (bicyclic) bond motifs is 13. The third kappa shape index (κ3) is 5.22. The highest BCUT2D eigenvalue weighted by molar-refractivity contribution is 6.09. The number of hydrogen-bond acceptors (Lipinski definition) is 2. The zero-order valence-electron chi connectivity index (χ0n) is 34.5. The van der Waals surface area contributed by atoms with Crippen molar-refractivity contribution in [3.63, 3.8) is 0 Å². The molecule has 0 fully saturated rings. The topological polar surface area (TPSA) is 16.4 Å². The van der Waals surface area contributed by atoms with Gasteiger partial charge in [-0.25, -0.2) is 0 Å². The number of nitrogens with zero attached hydrogens (tertiary/aromatic N) is 1. The maximum atomic E-state index is 6.50. The Bertz CT molecular complexity index is 3300. The fraction of sp³-hybridized carbons (Fsp3) is 0.0847. The summed E-state index contributed by atoms with van der Waals surface area (Å²) >= 11 is 0. The summed E-state index contributed by atoms with van der Waals surface area (Å²) < 4.78 is 6.50.